The number of fused-ring (bicyclic) bond motifs is 2. The van der Waals surface area contributed by atoms with Crippen molar-refractivity contribution in [2.75, 3.05) is 12.4 Å². The zero-order valence-corrected chi connectivity index (χ0v) is 16.4. The maximum atomic E-state index is 12.0. The number of aromatic nitrogens is 1. The lowest BCUT2D eigenvalue weighted by atomic mass is 10.1. The van der Waals surface area contributed by atoms with Crippen LogP contribution in [0.1, 0.15) is 17.5 Å². The van der Waals surface area contributed by atoms with Gasteiger partial charge in [-0.2, -0.15) is 0 Å². The number of carbonyl (C=O) groups is 1. The average molecular weight is 393 g/mol. The fourth-order valence-electron chi connectivity index (χ4n) is 3.21. The molecule has 0 unspecified atom stereocenters. The molecule has 0 fully saturated rings. The Morgan fingerprint density at radius 1 is 1.18 bits per heavy atom. The number of nitrogens with one attached hydrogen (secondary N) is 1. The predicted octanol–water partition coefficient (Wildman–Crippen LogP) is 3.99. The monoisotopic (exact) mass is 393 g/mol. The molecule has 2 aromatic carbocycles. The van der Waals surface area contributed by atoms with Crippen molar-refractivity contribution < 1.29 is 9.21 Å². The molecule has 0 saturated heterocycles. The molecule has 0 radical (unpaired) electrons. The molecule has 4 rings (SSSR count). The van der Waals surface area contributed by atoms with Crippen molar-refractivity contribution in [3.63, 3.8) is 0 Å². The second kappa shape index (κ2) is 7.53. The fraction of sp³-hybridized carbons (Fsp3) is 0.190. The summed E-state index contributed by atoms with van der Waals surface area (Å²) in [6, 6.07) is 14.9. The highest BCUT2D eigenvalue weighted by atomic mass is 32.1. The second-order valence-corrected chi connectivity index (χ2v) is 7.85. The van der Waals surface area contributed by atoms with Crippen LogP contribution in [0.2, 0.25) is 0 Å². The Balaban J connectivity index is 1.59. The molecule has 142 valence electrons. The molecule has 0 saturated carbocycles. The van der Waals surface area contributed by atoms with Crippen LogP contribution in [0.3, 0.4) is 0 Å². The van der Waals surface area contributed by atoms with Crippen LogP contribution in [0.5, 0.6) is 0 Å². The van der Waals surface area contributed by atoms with Gasteiger partial charge in [-0.25, -0.2) is 9.78 Å². The van der Waals surface area contributed by atoms with Crippen LogP contribution in [-0.4, -0.2) is 22.8 Å². The molecule has 2 aromatic heterocycles. The number of amides is 1. The van der Waals surface area contributed by atoms with Gasteiger partial charge in [0.25, 0.3) is 0 Å². The summed E-state index contributed by atoms with van der Waals surface area (Å²) in [5, 5.41) is 4.59. The van der Waals surface area contributed by atoms with Gasteiger partial charge in [0.15, 0.2) is 0 Å². The van der Waals surface area contributed by atoms with Gasteiger partial charge in [0.05, 0.1) is 16.8 Å². The van der Waals surface area contributed by atoms with Gasteiger partial charge in [0.1, 0.15) is 10.6 Å². The van der Waals surface area contributed by atoms with E-state index in [1.807, 2.05) is 31.3 Å². The van der Waals surface area contributed by atoms with E-state index in [9.17, 15) is 9.59 Å². The summed E-state index contributed by atoms with van der Waals surface area (Å²) in [5.74, 6) is -0.173. The van der Waals surface area contributed by atoms with Gasteiger partial charge in [-0.1, -0.05) is 12.1 Å². The van der Waals surface area contributed by atoms with Gasteiger partial charge in [-0.05, 0) is 36.9 Å². The molecule has 0 bridgehead atoms. The molecule has 7 heteroatoms. The number of benzene rings is 2. The number of hydrogen-bond acceptors (Lipinski definition) is 6. The van der Waals surface area contributed by atoms with Crippen molar-refractivity contribution in [1.82, 2.24) is 9.88 Å². The Bertz CT molecular complexity index is 1200. The maximum absolute atomic E-state index is 12.0. The van der Waals surface area contributed by atoms with Crippen LogP contribution in [0, 0.1) is 0 Å². The van der Waals surface area contributed by atoms with Crippen LogP contribution in [0.4, 0.5) is 5.69 Å². The van der Waals surface area contributed by atoms with Crippen molar-refractivity contribution in [1.29, 1.82) is 0 Å². The van der Waals surface area contributed by atoms with E-state index in [2.05, 4.69) is 21.3 Å². The molecule has 1 N–H and O–H groups in total. The highest BCUT2D eigenvalue weighted by Gasteiger charge is 2.12. The Hall–Kier alpha value is -3.03. The van der Waals surface area contributed by atoms with Gasteiger partial charge >= 0.3 is 5.63 Å². The van der Waals surface area contributed by atoms with Crippen LogP contribution in [0.25, 0.3) is 21.2 Å². The van der Waals surface area contributed by atoms with Gasteiger partial charge in [-0.3, -0.25) is 9.69 Å². The van der Waals surface area contributed by atoms with Crippen molar-refractivity contribution in [3.8, 4) is 0 Å². The molecule has 0 atom stereocenters. The highest BCUT2D eigenvalue weighted by Crippen LogP contribution is 2.25. The molecule has 0 aliphatic heterocycles. The van der Waals surface area contributed by atoms with E-state index in [1.54, 1.807) is 23.5 Å². The summed E-state index contributed by atoms with van der Waals surface area (Å²) in [6.45, 7) is 2.70. The largest absolute Gasteiger partial charge is 0.423 e. The van der Waals surface area contributed by atoms with E-state index in [-0.39, 0.29) is 5.91 Å². The normalized spacial score (nSPS) is 11.4. The standard InChI is InChI=1S/C21H19N3O3S/c1-13(25)22-15-7-8-16-14(9-21(26)27-18(16)10-15)11-24(2)12-20-23-17-5-3-4-6-19(17)28-20/h3-10H,11-12H2,1-2H3,(H,22,25). The van der Waals surface area contributed by atoms with E-state index < -0.39 is 5.63 Å². The first-order chi connectivity index (χ1) is 13.5. The SMILES string of the molecule is CC(=O)Nc1ccc2c(CN(C)Cc3nc4ccccc4s3)cc(=O)oc2c1. The van der Waals surface area contributed by atoms with Gasteiger partial charge in [-0.15, -0.1) is 11.3 Å². The molecule has 2 heterocycles. The first-order valence-electron chi connectivity index (χ1n) is 8.85. The number of rotatable bonds is 5. The number of anilines is 1. The Kier molecular flexibility index (Phi) is 4.93. The van der Waals surface area contributed by atoms with Crippen LogP contribution >= 0.6 is 11.3 Å². The lowest BCUT2D eigenvalue weighted by molar-refractivity contribution is -0.114. The first-order valence-corrected chi connectivity index (χ1v) is 9.67. The van der Waals surface area contributed by atoms with Crippen molar-refractivity contribution in [2.45, 2.75) is 20.0 Å². The van der Waals surface area contributed by atoms with Gasteiger partial charge < -0.3 is 9.73 Å². The number of para-hydroxylation sites is 1. The first kappa shape index (κ1) is 18.3. The molecule has 4 aromatic rings. The summed E-state index contributed by atoms with van der Waals surface area (Å²) >= 11 is 1.68. The number of nitrogens with zero attached hydrogens (tertiary/aromatic N) is 2. The third kappa shape index (κ3) is 3.95. The predicted molar refractivity (Wildman–Crippen MR) is 112 cm³/mol. The number of thiazole rings is 1. The van der Waals surface area contributed by atoms with E-state index in [0.717, 1.165) is 21.5 Å². The summed E-state index contributed by atoms with van der Waals surface area (Å²) < 4.78 is 6.50. The molecule has 0 aliphatic rings. The second-order valence-electron chi connectivity index (χ2n) is 6.73. The van der Waals surface area contributed by atoms with Crippen LogP contribution in [0.15, 0.2) is 57.7 Å². The quantitative estimate of drug-likeness (QED) is 0.519. The minimum atomic E-state index is -0.407. The van der Waals surface area contributed by atoms with E-state index >= 15 is 0 Å². The smallest absolute Gasteiger partial charge is 0.336 e. The molecular formula is C21H19N3O3S. The average Bonchev–Trinajstić information content (AvgIpc) is 3.02. The Morgan fingerprint density at radius 2 is 2.00 bits per heavy atom. The lowest BCUT2D eigenvalue weighted by Crippen LogP contribution is -2.18. The Morgan fingerprint density at radius 3 is 2.79 bits per heavy atom. The molecule has 1 amide bonds. The fourth-order valence-corrected chi connectivity index (χ4v) is 4.25. The van der Waals surface area contributed by atoms with Crippen molar-refractivity contribution in [3.05, 3.63) is 69.5 Å². The summed E-state index contributed by atoms with van der Waals surface area (Å²) in [6.07, 6.45) is 0. The number of hydrogen-bond donors (Lipinski definition) is 1. The van der Waals surface area contributed by atoms with Crippen molar-refractivity contribution in [2.24, 2.45) is 0 Å². The maximum Gasteiger partial charge on any atom is 0.336 e. The van der Waals surface area contributed by atoms with Crippen LogP contribution in [-0.2, 0) is 17.9 Å². The zero-order valence-electron chi connectivity index (χ0n) is 15.6. The molecule has 28 heavy (non-hydrogen) atoms. The van der Waals surface area contributed by atoms with E-state index in [0.29, 0.717) is 24.4 Å². The summed E-state index contributed by atoms with van der Waals surface area (Å²) in [5.41, 5.74) is 2.54. The van der Waals surface area contributed by atoms with Crippen molar-refractivity contribution >= 4 is 44.1 Å². The van der Waals surface area contributed by atoms with Gasteiger partial charge in [0, 0.05) is 36.7 Å². The minimum absolute atomic E-state index is 0.173. The summed E-state index contributed by atoms with van der Waals surface area (Å²) in [7, 11) is 2.00. The minimum Gasteiger partial charge on any atom is -0.423 e. The molecular weight excluding hydrogens is 374 g/mol. The number of carbonyl (C=O) groups excluding carboxylic acids is 1. The molecule has 0 spiro atoms. The third-order valence-electron chi connectivity index (χ3n) is 4.33. The van der Waals surface area contributed by atoms with Crippen LogP contribution < -0.4 is 10.9 Å². The Labute approximate surface area is 165 Å². The highest BCUT2D eigenvalue weighted by molar-refractivity contribution is 7.18. The van der Waals surface area contributed by atoms with E-state index in [4.69, 9.17) is 4.42 Å². The third-order valence-corrected chi connectivity index (χ3v) is 5.36. The van der Waals surface area contributed by atoms with Gasteiger partial charge in [0.2, 0.25) is 5.91 Å². The molecule has 6 nitrogen and oxygen atoms in total. The van der Waals surface area contributed by atoms with E-state index in [1.165, 1.54) is 17.7 Å². The molecule has 0 aliphatic carbocycles. The zero-order chi connectivity index (χ0) is 19.7. The lowest BCUT2D eigenvalue weighted by Gasteiger charge is -2.16. The topological polar surface area (TPSA) is 75.4 Å². The summed E-state index contributed by atoms with van der Waals surface area (Å²) in [4.78, 5) is 30.1.